The quantitative estimate of drug-likeness (QED) is 0.701. The van der Waals surface area contributed by atoms with E-state index in [1.54, 1.807) is 31.2 Å². The van der Waals surface area contributed by atoms with Crippen LogP contribution < -0.4 is 4.74 Å². The van der Waals surface area contributed by atoms with Crippen molar-refractivity contribution in [3.05, 3.63) is 30.0 Å². The third-order valence-corrected chi connectivity index (χ3v) is 4.68. The number of rotatable bonds is 6. The summed E-state index contributed by atoms with van der Waals surface area (Å²) < 4.78 is 16.1. The molecular weight excluding hydrogens is 384 g/mol. The molecule has 2 heterocycles. The van der Waals surface area contributed by atoms with Crippen molar-refractivity contribution in [2.24, 2.45) is 0 Å². The SMILES string of the molecule is CCOC(=O)c1cc2cc(OCC[C@@H]3CN(C(=O)O)CCN3C(=O)O)ccc2o1. The molecule has 29 heavy (non-hydrogen) atoms. The summed E-state index contributed by atoms with van der Waals surface area (Å²) in [5, 5.41) is 19.1. The fourth-order valence-electron chi connectivity index (χ4n) is 3.25. The summed E-state index contributed by atoms with van der Waals surface area (Å²) in [6.07, 6.45) is -1.80. The average molecular weight is 406 g/mol. The van der Waals surface area contributed by atoms with Gasteiger partial charge >= 0.3 is 18.2 Å². The van der Waals surface area contributed by atoms with Gasteiger partial charge in [0.2, 0.25) is 5.76 Å². The Morgan fingerprint density at radius 3 is 2.66 bits per heavy atom. The van der Waals surface area contributed by atoms with Gasteiger partial charge in [0.25, 0.3) is 0 Å². The number of ether oxygens (including phenoxy) is 2. The van der Waals surface area contributed by atoms with Crippen LogP contribution in [0.5, 0.6) is 5.75 Å². The topological polar surface area (TPSA) is 130 Å². The molecule has 0 spiro atoms. The van der Waals surface area contributed by atoms with Gasteiger partial charge in [-0.3, -0.25) is 0 Å². The molecule has 1 aliphatic heterocycles. The monoisotopic (exact) mass is 406 g/mol. The number of benzene rings is 1. The molecule has 156 valence electrons. The van der Waals surface area contributed by atoms with Crippen LogP contribution in [0.25, 0.3) is 11.0 Å². The van der Waals surface area contributed by atoms with Gasteiger partial charge in [0.15, 0.2) is 0 Å². The number of furan rings is 1. The Kier molecular flexibility index (Phi) is 6.10. The van der Waals surface area contributed by atoms with Gasteiger partial charge in [-0.15, -0.1) is 0 Å². The minimum absolute atomic E-state index is 0.104. The zero-order valence-corrected chi connectivity index (χ0v) is 15.9. The summed E-state index contributed by atoms with van der Waals surface area (Å²) in [4.78, 5) is 36.8. The first-order valence-corrected chi connectivity index (χ1v) is 9.20. The first kappa shape index (κ1) is 20.3. The summed E-state index contributed by atoms with van der Waals surface area (Å²) in [7, 11) is 0. The Bertz CT molecular complexity index is 909. The number of hydrogen-bond donors (Lipinski definition) is 2. The van der Waals surface area contributed by atoms with Crippen LogP contribution in [0.4, 0.5) is 9.59 Å². The lowest BCUT2D eigenvalue weighted by Crippen LogP contribution is -2.56. The van der Waals surface area contributed by atoms with Crippen molar-refractivity contribution in [2.75, 3.05) is 32.8 Å². The summed E-state index contributed by atoms with van der Waals surface area (Å²) in [6.45, 7) is 2.55. The molecule has 0 aliphatic carbocycles. The third-order valence-electron chi connectivity index (χ3n) is 4.68. The number of carbonyl (C=O) groups is 3. The second-order valence-corrected chi connectivity index (χ2v) is 6.53. The normalized spacial score (nSPS) is 16.7. The maximum Gasteiger partial charge on any atom is 0.407 e. The van der Waals surface area contributed by atoms with Crippen molar-refractivity contribution in [1.29, 1.82) is 0 Å². The van der Waals surface area contributed by atoms with Crippen molar-refractivity contribution in [3.8, 4) is 5.75 Å². The van der Waals surface area contributed by atoms with Crippen LogP contribution in [0, 0.1) is 0 Å². The summed E-state index contributed by atoms with van der Waals surface area (Å²) in [5.41, 5.74) is 0.516. The van der Waals surface area contributed by atoms with Gasteiger partial charge in [0.05, 0.1) is 19.3 Å². The highest BCUT2D eigenvalue weighted by atomic mass is 16.5. The van der Waals surface area contributed by atoms with Crippen LogP contribution in [0.1, 0.15) is 23.9 Å². The number of esters is 1. The maximum atomic E-state index is 11.8. The van der Waals surface area contributed by atoms with Crippen LogP contribution >= 0.6 is 0 Å². The van der Waals surface area contributed by atoms with E-state index in [0.29, 0.717) is 23.1 Å². The highest BCUT2D eigenvalue weighted by Gasteiger charge is 2.32. The van der Waals surface area contributed by atoms with Crippen molar-refractivity contribution in [1.82, 2.24) is 9.80 Å². The number of hydrogen-bond acceptors (Lipinski definition) is 6. The third kappa shape index (κ3) is 4.71. The second kappa shape index (κ2) is 8.72. The molecule has 10 nitrogen and oxygen atoms in total. The van der Waals surface area contributed by atoms with Gasteiger partial charge in [-0.25, -0.2) is 14.4 Å². The number of carbonyl (C=O) groups excluding carboxylic acids is 1. The van der Waals surface area contributed by atoms with Crippen LogP contribution in [0.15, 0.2) is 28.7 Å². The Balaban J connectivity index is 1.62. The van der Waals surface area contributed by atoms with E-state index in [-0.39, 0.29) is 38.6 Å². The highest BCUT2D eigenvalue weighted by Crippen LogP contribution is 2.25. The lowest BCUT2D eigenvalue weighted by molar-refractivity contribution is 0.0492. The Morgan fingerprint density at radius 1 is 1.17 bits per heavy atom. The van der Waals surface area contributed by atoms with Gasteiger partial charge in [0.1, 0.15) is 11.3 Å². The molecule has 2 amide bonds. The van der Waals surface area contributed by atoms with Gasteiger partial charge in [-0.05, 0) is 31.2 Å². The molecule has 1 aromatic heterocycles. The molecule has 0 bridgehead atoms. The zero-order chi connectivity index (χ0) is 21.0. The number of nitrogens with zero attached hydrogens (tertiary/aromatic N) is 2. The van der Waals surface area contributed by atoms with Crippen molar-refractivity contribution in [3.63, 3.8) is 0 Å². The first-order valence-electron chi connectivity index (χ1n) is 9.20. The van der Waals surface area contributed by atoms with E-state index in [1.807, 2.05) is 0 Å². The number of carboxylic acid groups (broad SMARTS) is 2. The van der Waals surface area contributed by atoms with Crippen LogP contribution in [0.2, 0.25) is 0 Å². The summed E-state index contributed by atoms with van der Waals surface area (Å²) in [5.74, 6) is 0.0914. The molecule has 3 rings (SSSR count). The van der Waals surface area contributed by atoms with Gasteiger partial charge < -0.3 is 33.9 Å². The Hall–Kier alpha value is -3.43. The molecule has 1 aromatic carbocycles. The first-order chi connectivity index (χ1) is 13.9. The van der Waals surface area contributed by atoms with E-state index in [2.05, 4.69) is 0 Å². The van der Waals surface area contributed by atoms with Crippen molar-refractivity contribution >= 4 is 29.1 Å². The molecule has 2 aromatic rings. The second-order valence-electron chi connectivity index (χ2n) is 6.53. The van der Waals surface area contributed by atoms with E-state index < -0.39 is 24.2 Å². The molecule has 0 saturated carbocycles. The zero-order valence-electron chi connectivity index (χ0n) is 15.9. The molecule has 0 unspecified atom stereocenters. The minimum atomic E-state index is -1.08. The number of piperazine rings is 1. The lowest BCUT2D eigenvalue weighted by Gasteiger charge is -2.38. The predicted octanol–water partition coefficient (Wildman–Crippen LogP) is 2.72. The van der Waals surface area contributed by atoms with E-state index in [4.69, 9.17) is 19.0 Å². The smallest absolute Gasteiger partial charge is 0.407 e. The molecule has 1 aliphatic rings. The molecule has 0 radical (unpaired) electrons. The molecule has 1 saturated heterocycles. The van der Waals surface area contributed by atoms with E-state index in [1.165, 1.54) is 9.80 Å². The predicted molar refractivity (Wildman–Crippen MR) is 100 cm³/mol. The Labute approximate surface area is 166 Å². The van der Waals surface area contributed by atoms with Gasteiger partial charge in [-0.2, -0.15) is 0 Å². The standard InChI is InChI=1S/C19H22N2O8/c1-2-27-17(22)16-10-12-9-14(3-4-15(12)29-16)28-8-5-13-11-20(18(23)24)6-7-21(13)19(25)26/h3-4,9-10,13H,2,5-8,11H2,1H3,(H,23,24)(H,25,26)/t13-/m1/s1. The molecule has 1 atom stereocenters. The van der Waals surface area contributed by atoms with Crippen LogP contribution in [-0.4, -0.2) is 77.1 Å². The molecule has 1 fully saturated rings. The fraction of sp³-hybridized carbons (Fsp3) is 0.421. The summed E-state index contributed by atoms with van der Waals surface area (Å²) in [6, 6.07) is 6.15. The average Bonchev–Trinajstić information content (AvgIpc) is 3.11. The Morgan fingerprint density at radius 2 is 1.97 bits per heavy atom. The fourth-order valence-corrected chi connectivity index (χ4v) is 3.25. The molecular formula is C19H22N2O8. The minimum Gasteiger partial charge on any atom is -0.493 e. The number of fused-ring (bicyclic) bond motifs is 1. The lowest BCUT2D eigenvalue weighted by atomic mass is 10.1. The summed E-state index contributed by atoms with van der Waals surface area (Å²) >= 11 is 0. The molecule has 2 N–H and O–H groups in total. The van der Waals surface area contributed by atoms with Gasteiger partial charge in [0, 0.05) is 31.4 Å². The maximum absolute atomic E-state index is 11.8. The van der Waals surface area contributed by atoms with E-state index >= 15 is 0 Å². The van der Waals surface area contributed by atoms with E-state index in [9.17, 15) is 19.5 Å². The van der Waals surface area contributed by atoms with Crippen LogP contribution in [0.3, 0.4) is 0 Å². The van der Waals surface area contributed by atoms with Crippen LogP contribution in [-0.2, 0) is 4.74 Å². The van der Waals surface area contributed by atoms with Gasteiger partial charge in [-0.1, -0.05) is 0 Å². The van der Waals surface area contributed by atoms with E-state index in [0.717, 1.165) is 0 Å². The highest BCUT2D eigenvalue weighted by molar-refractivity contribution is 5.92. The largest absolute Gasteiger partial charge is 0.493 e. The van der Waals surface area contributed by atoms with Crippen molar-refractivity contribution in [2.45, 2.75) is 19.4 Å². The number of amides is 2. The molecule has 10 heteroatoms. The van der Waals surface area contributed by atoms with Crippen molar-refractivity contribution < 1.29 is 38.5 Å².